The molecule has 2 aliphatic carbocycles. The first-order chi connectivity index (χ1) is 9.22. The third-order valence-corrected chi connectivity index (χ3v) is 6.90. The maximum absolute atomic E-state index is 6.50. The topological polar surface area (TPSA) is 26.0 Å². The van der Waals surface area contributed by atoms with Crippen LogP contribution in [0.15, 0.2) is 15.9 Å². The van der Waals surface area contributed by atoms with Crippen LogP contribution >= 0.6 is 27.3 Å². The molecule has 0 saturated heterocycles. The zero-order valence-electron chi connectivity index (χ0n) is 11.5. The molecule has 106 valence electrons. The second-order valence-electron chi connectivity index (χ2n) is 6.45. The number of hydrogen-bond donors (Lipinski definition) is 1. The van der Waals surface area contributed by atoms with Crippen LogP contribution in [0.5, 0.6) is 0 Å². The third-order valence-electron chi connectivity index (χ3n) is 5.25. The van der Waals surface area contributed by atoms with Crippen LogP contribution in [0.3, 0.4) is 0 Å². The second-order valence-corrected chi connectivity index (χ2v) is 9.00. The van der Waals surface area contributed by atoms with Crippen molar-refractivity contribution in [2.75, 3.05) is 0 Å². The Labute approximate surface area is 129 Å². The lowest BCUT2D eigenvalue weighted by atomic mass is 9.66. The Morgan fingerprint density at radius 2 is 1.95 bits per heavy atom. The van der Waals surface area contributed by atoms with E-state index in [-0.39, 0.29) is 0 Å². The fraction of sp³-hybridized carbons (Fsp3) is 0.750. The van der Waals surface area contributed by atoms with E-state index in [2.05, 4.69) is 28.1 Å². The first-order valence-electron chi connectivity index (χ1n) is 7.72. The average Bonchev–Trinajstić information content (AvgIpc) is 2.83. The minimum absolute atomic E-state index is 0.369. The van der Waals surface area contributed by atoms with Crippen LogP contribution in [0, 0.1) is 17.8 Å². The van der Waals surface area contributed by atoms with Gasteiger partial charge in [0.05, 0.1) is 3.79 Å². The largest absolute Gasteiger partial charge is 0.327 e. The van der Waals surface area contributed by atoms with E-state index in [0.29, 0.717) is 6.04 Å². The van der Waals surface area contributed by atoms with Crippen LogP contribution in [-0.2, 0) is 6.42 Å². The molecule has 2 fully saturated rings. The van der Waals surface area contributed by atoms with Gasteiger partial charge in [0, 0.05) is 10.9 Å². The highest BCUT2D eigenvalue weighted by molar-refractivity contribution is 9.11. The van der Waals surface area contributed by atoms with E-state index in [9.17, 15) is 0 Å². The highest BCUT2D eigenvalue weighted by atomic mass is 79.9. The quantitative estimate of drug-likeness (QED) is 0.823. The van der Waals surface area contributed by atoms with Crippen LogP contribution in [0.25, 0.3) is 0 Å². The normalized spacial score (nSPS) is 32.8. The van der Waals surface area contributed by atoms with Crippen molar-refractivity contribution in [3.8, 4) is 0 Å². The molecule has 2 aliphatic rings. The van der Waals surface area contributed by atoms with Gasteiger partial charge in [-0.15, -0.1) is 11.3 Å². The zero-order chi connectivity index (χ0) is 13.2. The standard InChI is InChI=1S/C16H24BrNS/c17-16-8-7-14(19-16)10-15(18)13-6-5-11-3-1-2-4-12(11)9-13/h7-8,11-13,15H,1-6,9-10,18H2. The molecule has 0 aromatic carbocycles. The molecular formula is C16H24BrNS. The minimum atomic E-state index is 0.369. The summed E-state index contributed by atoms with van der Waals surface area (Å²) < 4.78 is 1.23. The van der Waals surface area contributed by atoms with Gasteiger partial charge in [-0.25, -0.2) is 0 Å². The van der Waals surface area contributed by atoms with E-state index in [4.69, 9.17) is 5.73 Å². The predicted octanol–water partition coefficient (Wildman–Crippen LogP) is 4.99. The molecule has 19 heavy (non-hydrogen) atoms. The number of nitrogens with two attached hydrogens (primary N) is 1. The molecule has 0 aliphatic heterocycles. The van der Waals surface area contributed by atoms with Gasteiger partial charge in [-0.2, -0.15) is 0 Å². The van der Waals surface area contributed by atoms with Gasteiger partial charge in [-0.1, -0.05) is 25.7 Å². The van der Waals surface area contributed by atoms with Crippen molar-refractivity contribution in [2.45, 2.75) is 57.4 Å². The highest BCUT2D eigenvalue weighted by Crippen LogP contribution is 2.43. The first kappa shape index (κ1) is 14.1. The molecule has 1 aromatic heterocycles. The Bertz CT molecular complexity index is 417. The van der Waals surface area contributed by atoms with Crippen molar-refractivity contribution in [3.63, 3.8) is 0 Å². The number of halogens is 1. The van der Waals surface area contributed by atoms with Gasteiger partial charge < -0.3 is 5.73 Å². The summed E-state index contributed by atoms with van der Waals surface area (Å²) in [5, 5.41) is 0. The van der Waals surface area contributed by atoms with Gasteiger partial charge in [0.2, 0.25) is 0 Å². The van der Waals surface area contributed by atoms with Crippen LogP contribution in [0.4, 0.5) is 0 Å². The fourth-order valence-corrected chi connectivity index (χ4v) is 5.71. The smallest absolute Gasteiger partial charge is 0.0701 e. The molecule has 3 rings (SSSR count). The van der Waals surface area contributed by atoms with Crippen molar-refractivity contribution >= 4 is 27.3 Å². The maximum atomic E-state index is 6.50. The first-order valence-corrected chi connectivity index (χ1v) is 9.33. The van der Waals surface area contributed by atoms with Crippen molar-refractivity contribution in [3.05, 3.63) is 20.8 Å². The van der Waals surface area contributed by atoms with Gasteiger partial charge in [0.25, 0.3) is 0 Å². The monoisotopic (exact) mass is 341 g/mol. The molecule has 1 aromatic rings. The van der Waals surface area contributed by atoms with Crippen LogP contribution in [0.1, 0.15) is 49.8 Å². The summed E-state index contributed by atoms with van der Waals surface area (Å²) in [6, 6.07) is 4.74. The molecule has 2 N–H and O–H groups in total. The van der Waals surface area contributed by atoms with Crippen LogP contribution in [-0.4, -0.2) is 6.04 Å². The molecule has 0 amide bonds. The van der Waals surface area contributed by atoms with Gasteiger partial charge in [0.1, 0.15) is 0 Å². The summed E-state index contributed by atoms with van der Waals surface area (Å²) in [5.41, 5.74) is 6.50. The van der Waals surface area contributed by atoms with E-state index < -0.39 is 0 Å². The molecule has 0 bridgehead atoms. The molecule has 1 nitrogen and oxygen atoms in total. The number of fused-ring (bicyclic) bond motifs is 1. The molecule has 0 radical (unpaired) electrons. The summed E-state index contributed by atoms with van der Waals surface area (Å²) in [7, 11) is 0. The SMILES string of the molecule is NC(Cc1ccc(Br)s1)C1CCC2CCCCC2C1. The van der Waals surface area contributed by atoms with E-state index in [1.165, 1.54) is 53.6 Å². The van der Waals surface area contributed by atoms with Crippen LogP contribution in [0.2, 0.25) is 0 Å². The summed E-state index contributed by atoms with van der Waals surface area (Å²) in [6.07, 6.45) is 11.2. The average molecular weight is 342 g/mol. The lowest BCUT2D eigenvalue weighted by molar-refractivity contribution is 0.117. The summed E-state index contributed by atoms with van der Waals surface area (Å²) in [4.78, 5) is 1.44. The lowest BCUT2D eigenvalue weighted by Crippen LogP contribution is -2.38. The van der Waals surface area contributed by atoms with Crippen molar-refractivity contribution in [2.24, 2.45) is 23.5 Å². The number of hydrogen-bond acceptors (Lipinski definition) is 2. The minimum Gasteiger partial charge on any atom is -0.327 e. The predicted molar refractivity (Wildman–Crippen MR) is 86.5 cm³/mol. The zero-order valence-corrected chi connectivity index (χ0v) is 13.9. The molecule has 3 heteroatoms. The Kier molecular flexibility index (Phi) is 4.66. The van der Waals surface area contributed by atoms with Crippen molar-refractivity contribution < 1.29 is 0 Å². The van der Waals surface area contributed by atoms with Gasteiger partial charge in [-0.05, 0) is 71.5 Å². The van der Waals surface area contributed by atoms with E-state index in [0.717, 1.165) is 24.2 Å². The van der Waals surface area contributed by atoms with Gasteiger partial charge in [0.15, 0.2) is 0 Å². The summed E-state index contributed by atoms with van der Waals surface area (Å²) >= 11 is 5.38. The Morgan fingerprint density at radius 3 is 2.68 bits per heavy atom. The molecule has 1 heterocycles. The highest BCUT2D eigenvalue weighted by Gasteiger charge is 2.34. The molecule has 4 unspecified atom stereocenters. The van der Waals surface area contributed by atoms with Crippen LogP contribution < -0.4 is 5.73 Å². The molecule has 4 atom stereocenters. The van der Waals surface area contributed by atoms with E-state index >= 15 is 0 Å². The molecule has 0 spiro atoms. The Balaban J connectivity index is 1.56. The second kappa shape index (κ2) is 6.28. The lowest BCUT2D eigenvalue weighted by Gasteiger charge is -2.41. The number of thiophene rings is 1. The summed E-state index contributed by atoms with van der Waals surface area (Å²) in [5.74, 6) is 2.79. The van der Waals surface area contributed by atoms with Gasteiger partial charge >= 0.3 is 0 Å². The van der Waals surface area contributed by atoms with Crippen molar-refractivity contribution in [1.29, 1.82) is 0 Å². The van der Waals surface area contributed by atoms with E-state index in [1.54, 1.807) is 0 Å². The number of rotatable bonds is 3. The van der Waals surface area contributed by atoms with Crippen molar-refractivity contribution in [1.82, 2.24) is 0 Å². The Hall–Kier alpha value is 0.140. The summed E-state index contributed by atoms with van der Waals surface area (Å²) in [6.45, 7) is 0. The third kappa shape index (κ3) is 3.43. The fourth-order valence-electron chi connectivity index (χ4n) is 4.16. The molecule has 2 saturated carbocycles. The van der Waals surface area contributed by atoms with E-state index in [1.807, 2.05) is 11.3 Å². The maximum Gasteiger partial charge on any atom is 0.0701 e. The molecular weight excluding hydrogens is 318 g/mol. The Morgan fingerprint density at radius 1 is 1.16 bits per heavy atom. The van der Waals surface area contributed by atoms with Gasteiger partial charge in [-0.3, -0.25) is 0 Å².